The lowest BCUT2D eigenvalue weighted by Gasteiger charge is -2.23. The highest BCUT2D eigenvalue weighted by molar-refractivity contribution is 7.99. The monoisotopic (exact) mass is 291 g/mol. The fourth-order valence-corrected chi connectivity index (χ4v) is 2.75. The minimum Gasteiger partial charge on any atom is -0.383 e. The third-order valence-electron chi connectivity index (χ3n) is 3.56. The van der Waals surface area contributed by atoms with Crippen LogP contribution in [-0.2, 0) is 0 Å². The molecule has 20 heavy (non-hydrogen) atoms. The third kappa shape index (κ3) is 4.73. The first-order chi connectivity index (χ1) is 9.63. The molecule has 0 spiro atoms. The Labute approximate surface area is 127 Å². The average molecular weight is 291 g/mol. The summed E-state index contributed by atoms with van der Waals surface area (Å²) < 4.78 is 0. The molecule has 110 valence electrons. The molecule has 0 aliphatic heterocycles. The Hall–Kier alpha value is -1.18. The van der Waals surface area contributed by atoms with Crippen LogP contribution in [0.2, 0.25) is 0 Å². The van der Waals surface area contributed by atoms with Gasteiger partial charge in [0.2, 0.25) is 0 Å². The molecule has 0 radical (unpaired) electrons. The Bertz CT molecular complexity index is 454. The first kappa shape index (κ1) is 16.9. The van der Waals surface area contributed by atoms with Crippen LogP contribution in [0.1, 0.15) is 32.8 Å². The zero-order valence-electron chi connectivity index (χ0n) is 12.9. The van der Waals surface area contributed by atoms with Crippen molar-refractivity contribution in [3.63, 3.8) is 0 Å². The predicted octanol–water partition coefficient (Wildman–Crippen LogP) is 3.81. The minimum absolute atomic E-state index is 0.592. The minimum atomic E-state index is 0.592. The molecule has 0 aromatic heterocycles. The Balaban J connectivity index is 2.64. The Kier molecular flexibility index (Phi) is 7.50. The van der Waals surface area contributed by atoms with Crippen LogP contribution in [0.5, 0.6) is 0 Å². The van der Waals surface area contributed by atoms with Gasteiger partial charge >= 0.3 is 0 Å². The summed E-state index contributed by atoms with van der Waals surface area (Å²) >= 11 is 1.72. The number of thioether (sulfide) groups is 1. The SMILES string of the molecule is CCSc1cccc(NCCN(C)C(C)CC)c1C#N. The molecular formula is C16H25N3S. The largest absolute Gasteiger partial charge is 0.383 e. The van der Waals surface area contributed by atoms with Crippen LogP contribution in [0.4, 0.5) is 5.69 Å². The molecule has 0 fully saturated rings. The lowest BCUT2D eigenvalue weighted by atomic mass is 10.2. The second-order valence-corrected chi connectivity index (χ2v) is 6.19. The molecule has 1 atom stereocenters. The van der Waals surface area contributed by atoms with Crippen LogP contribution in [0.25, 0.3) is 0 Å². The molecule has 1 aromatic carbocycles. The maximum absolute atomic E-state index is 9.35. The number of nitriles is 1. The Morgan fingerprint density at radius 2 is 2.15 bits per heavy atom. The van der Waals surface area contributed by atoms with Crippen molar-refractivity contribution in [2.45, 2.75) is 38.1 Å². The lowest BCUT2D eigenvalue weighted by Crippen LogP contribution is -2.32. The van der Waals surface area contributed by atoms with E-state index in [1.54, 1.807) is 11.8 Å². The van der Waals surface area contributed by atoms with E-state index < -0.39 is 0 Å². The molecule has 0 amide bonds. The van der Waals surface area contributed by atoms with Gasteiger partial charge in [0.1, 0.15) is 6.07 Å². The van der Waals surface area contributed by atoms with Crippen LogP contribution in [0, 0.1) is 11.3 Å². The lowest BCUT2D eigenvalue weighted by molar-refractivity contribution is 0.261. The van der Waals surface area contributed by atoms with E-state index in [0.717, 1.165) is 41.4 Å². The number of benzene rings is 1. The van der Waals surface area contributed by atoms with Gasteiger partial charge in [-0.25, -0.2) is 0 Å². The number of nitrogens with zero attached hydrogens (tertiary/aromatic N) is 2. The van der Waals surface area contributed by atoms with Gasteiger partial charge in [-0.3, -0.25) is 0 Å². The van der Waals surface area contributed by atoms with Gasteiger partial charge in [-0.1, -0.05) is 19.9 Å². The quantitative estimate of drug-likeness (QED) is 0.739. The van der Waals surface area contributed by atoms with Gasteiger partial charge in [0.15, 0.2) is 0 Å². The Morgan fingerprint density at radius 3 is 2.75 bits per heavy atom. The molecule has 1 unspecified atom stereocenters. The van der Waals surface area contributed by atoms with Crippen molar-refractivity contribution in [1.82, 2.24) is 4.90 Å². The summed E-state index contributed by atoms with van der Waals surface area (Å²) in [6, 6.07) is 8.93. The van der Waals surface area contributed by atoms with Gasteiger partial charge in [-0.15, -0.1) is 11.8 Å². The highest BCUT2D eigenvalue weighted by Gasteiger charge is 2.09. The van der Waals surface area contributed by atoms with Gasteiger partial charge in [0.05, 0.1) is 11.3 Å². The molecule has 0 saturated heterocycles. The van der Waals surface area contributed by atoms with Crippen molar-refractivity contribution in [2.75, 3.05) is 31.2 Å². The number of rotatable bonds is 8. The van der Waals surface area contributed by atoms with Crippen molar-refractivity contribution >= 4 is 17.4 Å². The van der Waals surface area contributed by atoms with E-state index in [-0.39, 0.29) is 0 Å². The number of nitrogens with one attached hydrogen (secondary N) is 1. The first-order valence-corrected chi connectivity index (χ1v) is 8.22. The van der Waals surface area contributed by atoms with Gasteiger partial charge < -0.3 is 10.2 Å². The van der Waals surface area contributed by atoms with Crippen LogP contribution in [0.3, 0.4) is 0 Å². The zero-order valence-corrected chi connectivity index (χ0v) is 13.8. The van der Waals surface area contributed by atoms with E-state index in [9.17, 15) is 5.26 Å². The second-order valence-electron chi connectivity index (χ2n) is 4.89. The fraction of sp³-hybridized carbons (Fsp3) is 0.562. The van der Waals surface area contributed by atoms with Gasteiger partial charge in [0.25, 0.3) is 0 Å². The van der Waals surface area contributed by atoms with Gasteiger partial charge in [0, 0.05) is 24.0 Å². The molecule has 0 aliphatic carbocycles. The molecule has 4 heteroatoms. The summed E-state index contributed by atoms with van der Waals surface area (Å²) in [5.41, 5.74) is 1.72. The fourth-order valence-electron chi connectivity index (χ4n) is 1.97. The van der Waals surface area contributed by atoms with Gasteiger partial charge in [-0.2, -0.15) is 5.26 Å². The average Bonchev–Trinajstić information content (AvgIpc) is 2.46. The second kappa shape index (κ2) is 8.89. The summed E-state index contributed by atoms with van der Waals surface area (Å²) in [4.78, 5) is 3.40. The summed E-state index contributed by atoms with van der Waals surface area (Å²) in [5, 5.41) is 12.7. The van der Waals surface area contributed by atoms with Crippen LogP contribution in [0.15, 0.2) is 23.1 Å². The standard InChI is InChI=1S/C16H25N3S/c1-5-13(3)19(4)11-10-18-15-8-7-9-16(20-6-2)14(15)12-17/h7-9,13,18H,5-6,10-11H2,1-4H3. The number of likely N-dealkylation sites (N-methyl/N-ethyl adjacent to an activating group) is 1. The van der Waals surface area contributed by atoms with Crippen molar-refractivity contribution in [3.8, 4) is 6.07 Å². The maximum Gasteiger partial charge on any atom is 0.102 e. The smallest absolute Gasteiger partial charge is 0.102 e. The summed E-state index contributed by atoms with van der Waals surface area (Å²) in [6.45, 7) is 8.38. The molecule has 0 heterocycles. The van der Waals surface area contributed by atoms with E-state index in [0.29, 0.717) is 6.04 Å². The van der Waals surface area contributed by atoms with Crippen molar-refractivity contribution in [3.05, 3.63) is 23.8 Å². The molecule has 3 nitrogen and oxygen atoms in total. The summed E-state index contributed by atoms with van der Waals surface area (Å²) in [7, 11) is 2.14. The molecular weight excluding hydrogens is 266 g/mol. The highest BCUT2D eigenvalue weighted by atomic mass is 32.2. The van der Waals surface area contributed by atoms with E-state index >= 15 is 0 Å². The van der Waals surface area contributed by atoms with Crippen molar-refractivity contribution < 1.29 is 0 Å². The van der Waals surface area contributed by atoms with Gasteiger partial charge in [-0.05, 0) is 38.3 Å². The number of hydrogen-bond donors (Lipinski definition) is 1. The van der Waals surface area contributed by atoms with Crippen LogP contribution in [-0.4, -0.2) is 36.8 Å². The molecule has 0 saturated carbocycles. The van der Waals surface area contributed by atoms with E-state index in [4.69, 9.17) is 0 Å². The third-order valence-corrected chi connectivity index (χ3v) is 4.50. The van der Waals surface area contributed by atoms with Crippen molar-refractivity contribution in [1.29, 1.82) is 5.26 Å². The summed E-state index contributed by atoms with van der Waals surface area (Å²) in [5.74, 6) is 0.981. The first-order valence-electron chi connectivity index (χ1n) is 7.24. The summed E-state index contributed by atoms with van der Waals surface area (Å²) in [6.07, 6.45) is 1.16. The maximum atomic E-state index is 9.35. The van der Waals surface area contributed by atoms with E-state index in [1.165, 1.54) is 0 Å². The molecule has 0 aliphatic rings. The highest BCUT2D eigenvalue weighted by Crippen LogP contribution is 2.27. The Morgan fingerprint density at radius 1 is 1.40 bits per heavy atom. The van der Waals surface area contributed by atoms with Crippen molar-refractivity contribution in [2.24, 2.45) is 0 Å². The zero-order chi connectivity index (χ0) is 15.0. The molecule has 1 N–H and O–H groups in total. The van der Waals surface area contributed by atoms with Crippen LogP contribution >= 0.6 is 11.8 Å². The van der Waals surface area contributed by atoms with E-state index in [2.05, 4.69) is 44.1 Å². The normalized spacial score (nSPS) is 12.2. The predicted molar refractivity (Wildman–Crippen MR) is 88.4 cm³/mol. The van der Waals surface area contributed by atoms with E-state index in [1.807, 2.05) is 18.2 Å². The molecule has 0 bridgehead atoms. The molecule has 1 aromatic rings. The number of anilines is 1. The number of hydrogen-bond acceptors (Lipinski definition) is 4. The van der Waals surface area contributed by atoms with Crippen LogP contribution < -0.4 is 5.32 Å². The topological polar surface area (TPSA) is 39.1 Å². The molecule has 1 rings (SSSR count).